The number of nitrogens with zero attached hydrogens (tertiary/aromatic N) is 1. The summed E-state index contributed by atoms with van der Waals surface area (Å²) in [5.74, 6) is 0.672. The van der Waals surface area contributed by atoms with Gasteiger partial charge in [-0.1, -0.05) is 41.9 Å². The first-order chi connectivity index (χ1) is 11.6. The molecular formula is C20H20ClNO2. The Hall–Kier alpha value is -1.84. The fourth-order valence-electron chi connectivity index (χ4n) is 4.24. The van der Waals surface area contributed by atoms with Crippen molar-refractivity contribution in [2.24, 2.45) is 5.92 Å². The predicted octanol–water partition coefficient (Wildman–Crippen LogP) is 4.34. The van der Waals surface area contributed by atoms with Crippen LogP contribution in [0, 0.1) is 5.92 Å². The number of rotatable bonds is 3. The van der Waals surface area contributed by atoms with Crippen molar-refractivity contribution in [3.63, 3.8) is 0 Å². The number of hydrogen-bond donors (Lipinski definition) is 1. The minimum Gasteiger partial charge on any atom is -0.508 e. The molecule has 3 unspecified atom stereocenters. The van der Waals surface area contributed by atoms with Gasteiger partial charge >= 0.3 is 0 Å². The molecule has 3 atom stereocenters. The lowest BCUT2D eigenvalue weighted by Crippen LogP contribution is -2.53. The lowest BCUT2D eigenvalue weighted by Gasteiger charge is -2.51. The average molecular weight is 342 g/mol. The fourth-order valence-corrected chi connectivity index (χ4v) is 4.44. The van der Waals surface area contributed by atoms with Crippen molar-refractivity contribution < 1.29 is 9.90 Å². The van der Waals surface area contributed by atoms with E-state index in [9.17, 15) is 9.90 Å². The molecule has 3 fully saturated rings. The number of phenolic OH excluding ortho intramolecular Hbond substituents is 1. The molecular weight excluding hydrogens is 322 g/mol. The van der Waals surface area contributed by atoms with Crippen molar-refractivity contribution in [3.8, 4) is 5.75 Å². The van der Waals surface area contributed by atoms with Crippen LogP contribution in [-0.4, -0.2) is 21.8 Å². The number of hydrogen-bond acceptors (Lipinski definition) is 3. The van der Waals surface area contributed by atoms with Crippen molar-refractivity contribution in [1.29, 1.82) is 0 Å². The van der Waals surface area contributed by atoms with E-state index in [0.717, 1.165) is 35.5 Å². The third-order valence-electron chi connectivity index (χ3n) is 5.41. The quantitative estimate of drug-likeness (QED) is 0.902. The molecule has 3 aliphatic rings. The lowest BCUT2D eigenvalue weighted by molar-refractivity contribution is -0.138. The average Bonchev–Trinajstić information content (AvgIpc) is 2.59. The Morgan fingerprint density at radius 1 is 1.08 bits per heavy atom. The highest BCUT2D eigenvalue weighted by Crippen LogP contribution is 2.46. The van der Waals surface area contributed by atoms with Crippen LogP contribution in [0.3, 0.4) is 0 Å². The van der Waals surface area contributed by atoms with E-state index >= 15 is 0 Å². The van der Waals surface area contributed by atoms with Crippen LogP contribution >= 0.6 is 11.6 Å². The maximum atomic E-state index is 12.5. The van der Waals surface area contributed by atoms with Crippen LogP contribution in [0.4, 0.5) is 0 Å². The van der Waals surface area contributed by atoms with Crippen molar-refractivity contribution in [1.82, 2.24) is 4.90 Å². The third kappa shape index (κ3) is 2.72. The van der Waals surface area contributed by atoms with Gasteiger partial charge in [-0.15, -0.1) is 0 Å². The number of phenols is 1. The second-order valence-electron chi connectivity index (χ2n) is 6.81. The molecule has 24 heavy (non-hydrogen) atoms. The molecule has 0 spiro atoms. The van der Waals surface area contributed by atoms with Gasteiger partial charge in [0.05, 0.1) is 0 Å². The second-order valence-corrected chi connectivity index (χ2v) is 7.22. The zero-order valence-corrected chi connectivity index (χ0v) is 14.1. The van der Waals surface area contributed by atoms with Crippen LogP contribution in [0.5, 0.6) is 5.75 Å². The minimum atomic E-state index is 0.0435. The maximum absolute atomic E-state index is 12.5. The first kappa shape index (κ1) is 15.7. The molecule has 1 N–H and O–H groups in total. The predicted molar refractivity (Wildman–Crippen MR) is 94.0 cm³/mol. The molecule has 5 rings (SSSR count). The standard InChI is InChI=1S/C20H20ClNO2/c21-18-4-2-1-3-14(18)12-22-15-7-10-17(19(24)11-15)20(22)13-5-8-16(23)9-6-13/h1-6,8-9,15,17,20,23H,7,10-12H2. The van der Waals surface area contributed by atoms with Crippen LogP contribution in [-0.2, 0) is 11.3 Å². The normalized spacial score (nSPS) is 26.7. The molecule has 2 bridgehead atoms. The first-order valence-corrected chi connectivity index (χ1v) is 8.82. The zero-order valence-electron chi connectivity index (χ0n) is 13.4. The molecule has 1 saturated carbocycles. The van der Waals surface area contributed by atoms with E-state index < -0.39 is 0 Å². The zero-order chi connectivity index (χ0) is 16.7. The van der Waals surface area contributed by atoms with E-state index in [4.69, 9.17) is 11.6 Å². The summed E-state index contributed by atoms with van der Waals surface area (Å²) in [5.41, 5.74) is 2.20. The van der Waals surface area contributed by atoms with E-state index in [1.165, 1.54) is 0 Å². The lowest BCUT2D eigenvalue weighted by atomic mass is 9.71. The summed E-state index contributed by atoms with van der Waals surface area (Å²) in [5, 5.41) is 10.4. The molecule has 2 aromatic rings. The number of fused-ring (bicyclic) bond motifs is 3. The van der Waals surface area contributed by atoms with E-state index in [1.54, 1.807) is 12.1 Å². The summed E-state index contributed by atoms with van der Waals surface area (Å²) >= 11 is 6.36. The second kappa shape index (κ2) is 6.23. The van der Waals surface area contributed by atoms with Crippen LogP contribution in [0.1, 0.15) is 36.4 Å². The molecule has 2 heterocycles. The first-order valence-electron chi connectivity index (χ1n) is 8.44. The van der Waals surface area contributed by atoms with Crippen molar-refractivity contribution in [2.75, 3.05) is 0 Å². The van der Waals surface area contributed by atoms with Crippen molar-refractivity contribution in [2.45, 2.75) is 37.9 Å². The molecule has 2 aliphatic heterocycles. The number of aromatic hydroxyl groups is 1. The number of halogens is 1. The molecule has 4 heteroatoms. The van der Waals surface area contributed by atoms with Gasteiger partial charge in [0.15, 0.2) is 0 Å². The molecule has 0 aromatic heterocycles. The van der Waals surface area contributed by atoms with E-state index in [0.29, 0.717) is 12.2 Å². The van der Waals surface area contributed by atoms with E-state index in [1.807, 2.05) is 30.3 Å². The molecule has 2 saturated heterocycles. The van der Waals surface area contributed by atoms with Crippen molar-refractivity contribution in [3.05, 3.63) is 64.7 Å². The molecule has 0 radical (unpaired) electrons. The minimum absolute atomic E-state index is 0.0435. The highest BCUT2D eigenvalue weighted by atomic mass is 35.5. The Morgan fingerprint density at radius 2 is 1.83 bits per heavy atom. The topological polar surface area (TPSA) is 40.5 Å². The molecule has 3 nitrogen and oxygen atoms in total. The van der Waals surface area contributed by atoms with Crippen LogP contribution < -0.4 is 0 Å². The summed E-state index contributed by atoms with van der Waals surface area (Å²) in [4.78, 5) is 14.9. The van der Waals surface area contributed by atoms with Gasteiger partial charge in [-0.25, -0.2) is 0 Å². The number of carbonyl (C=O) groups excluding carboxylic acids is 1. The Morgan fingerprint density at radius 3 is 2.54 bits per heavy atom. The van der Waals surface area contributed by atoms with Crippen molar-refractivity contribution >= 4 is 17.4 Å². The van der Waals surface area contributed by atoms with Gasteiger partial charge in [-0.05, 0) is 42.2 Å². The number of carbonyl (C=O) groups is 1. The Labute approximate surface area is 146 Å². The summed E-state index contributed by atoms with van der Waals surface area (Å²) in [6.07, 6.45) is 2.66. The smallest absolute Gasteiger partial charge is 0.139 e. The van der Waals surface area contributed by atoms with Gasteiger partial charge in [-0.2, -0.15) is 0 Å². The summed E-state index contributed by atoms with van der Waals surface area (Å²) in [6.45, 7) is 0.750. The molecule has 1 aliphatic carbocycles. The van der Waals surface area contributed by atoms with Gasteiger partial charge in [0.25, 0.3) is 0 Å². The highest BCUT2D eigenvalue weighted by molar-refractivity contribution is 6.31. The van der Waals surface area contributed by atoms with Gasteiger partial charge in [0.2, 0.25) is 0 Å². The van der Waals surface area contributed by atoms with Gasteiger partial charge in [-0.3, -0.25) is 9.69 Å². The van der Waals surface area contributed by atoms with Crippen LogP contribution in [0.2, 0.25) is 5.02 Å². The largest absolute Gasteiger partial charge is 0.508 e. The Bertz CT molecular complexity index is 758. The van der Waals surface area contributed by atoms with E-state index in [-0.39, 0.29) is 23.8 Å². The third-order valence-corrected chi connectivity index (χ3v) is 5.78. The Balaban J connectivity index is 1.71. The van der Waals surface area contributed by atoms with Gasteiger partial charge in [0, 0.05) is 36.0 Å². The number of ketones is 1. The van der Waals surface area contributed by atoms with Crippen LogP contribution in [0.25, 0.3) is 0 Å². The summed E-state index contributed by atoms with van der Waals surface area (Å²) in [6, 6.07) is 15.5. The number of benzene rings is 2. The van der Waals surface area contributed by atoms with Gasteiger partial charge in [0.1, 0.15) is 11.5 Å². The fraction of sp³-hybridized carbons (Fsp3) is 0.350. The monoisotopic (exact) mass is 341 g/mol. The van der Waals surface area contributed by atoms with E-state index in [2.05, 4.69) is 11.0 Å². The maximum Gasteiger partial charge on any atom is 0.139 e. The summed E-state index contributed by atoms with van der Waals surface area (Å²) in [7, 11) is 0. The molecule has 124 valence electrons. The van der Waals surface area contributed by atoms with Gasteiger partial charge < -0.3 is 5.11 Å². The highest BCUT2D eigenvalue weighted by Gasteiger charge is 2.47. The Kier molecular flexibility index (Phi) is 4.07. The SMILES string of the molecule is O=C1CC2CCC1C(c1ccc(O)cc1)N2Cc1ccccc1Cl. The molecule has 2 aromatic carbocycles. The van der Waals surface area contributed by atoms with Crippen LogP contribution in [0.15, 0.2) is 48.5 Å². The summed E-state index contributed by atoms with van der Waals surface area (Å²) < 4.78 is 0. The molecule has 0 amide bonds. The number of Topliss-reactive ketones (excluding diaryl/α,β-unsaturated/α-hetero) is 1. The number of piperidine rings is 2.